The molecule has 1 heterocycles. The predicted molar refractivity (Wildman–Crippen MR) is 50.6 cm³/mol. The fourth-order valence-corrected chi connectivity index (χ4v) is 1.55. The fraction of sp³-hybridized carbons (Fsp3) is 0.778. The Hall–Kier alpha value is -1.10. The van der Waals surface area contributed by atoms with Crippen LogP contribution in [-0.2, 0) is 9.59 Å². The molecule has 0 aliphatic carbocycles. The lowest BCUT2D eigenvalue weighted by atomic mass is 9.96. The van der Waals surface area contributed by atoms with Gasteiger partial charge >= 0.3 is 5.97 Å². The molecule has 5 heteroatoms. The molecule has 5 nitrogen and oxygen atoms in total. The van der Waals surface area contributed by atoms with E-state index in [1.807, 2.05) is 0 Å². The number of carboxylic acid groups (broad SMARTS) is 1. The monoisotopic (exact) mass is 200 g/mol. The van der Waals surface area contributed by atoms with Crippen molar-refractivity contribution in [2.24, 2.45) is 11.7 Å². The Bertz CT molecular complexity index is 234. The highest BCUT2D eigenvalue weighted by molar-refractivity contribution is 5.78. The molecule has 3 N–H and O–H groups in total. The van der Waals surface area contributed by atoms with Crippen LogP contribution in [0.25, 0.3) is 0 Å². The molecule has 1 aliphatic heterocycles. The zero-order valence-corrected chi connectivity index (χ0v) is 8.27. The molecule has 1 unspecified atom stereocenters. The van der Waals surface area contributed by atoms with Crippen molar-refractivity contribution >= 4 is 11.9 Å². The van der Waals surface area contributed by atoms with Crippen molar-refractivity contribution in [3.05, 3.63) is 0 Å². The summed E-state index contributed by atoms with van der Waals surface area (Å²) in [5.74, 6) is -0.638. The highest BCUT2D eigenvalue weighted by Crippen LogP contribution is 2.19. The topological polar surface area (TPSA) is 83.6 Å². The normalized spacial score (nSPS) is 18.9. The molecule has 0 spiro atoms. The first-order chi connectivity index (χ1) is 6.49. The highest BCUT2D eigenvalue weighted by Gasteiger charge is 2.31. The van der Waals surface area contributed by atoms with Gasteiger partial charge in [-0.3, -0.25) is 9.59 Å². The minimum atomic E-state index is -0.797. The summed E-state index contributed by atoms with van der Waals surface area (Å²) in [5.41, 5.74) is 5.48. The maximum atomic E-state index is 11.4. The lowest BCUT2D eigenvalue weighted by Crippen LogP contribution is -2.51. The Morgan fingerprint density at radius 1 is 1.57 bits per heavy atom. The number of hydrogen-bond donors (Lipinski definition) is 2. The quantitative estimate of drug-likeness (QED) is 0.650. The van der Waals surface area contributed by atoms with Crippen LogP contribution in [0.5, 0.6) is 0 Å². The summed E-state index contributed by atoms with van der Waals surface area (Å²) in [5, 5.41) is 8.50. The summed E-state index contributed by atoms with van der Waals surface area (Å²) in [7, 11) is 0. The summed E-state index contributed by atoms with van der Waals surface area (Å²) in [6.07, 6.45) is 0.502. The molecule has 0 aromatic heterocycles. The van der Waals surface area contributed by atoms with Gasteiger partial charge in [-0.25, -0.2) is 0 Å². The number of nitrogens with two attached hydrogens (primary N) is 1. The van der Waals surface area contributed by atoms with Gasteiger partial charge in [-0.1, -0.05) is 0 Å². The molecule has 1 fully saturated rings. The third kappa shape index (κ3) is 2.99. The second-order valence-electron chi connectivity index (χ2n) is 3.94. The molecule has 80 valence electrons. The molecule has 0 radical (unpaired) electrons. The Morgan fingerprint density at radius 3 is 2.57 bits per heavy atom. The average molecular weight is 200 g/mol. The molecule has 0 bridgehead atoms. The molecule has 1 saturated heterocycles. The van der Waals surface area contributed by atoms with Crippen molar-refractivity contribution in [3.8, 4) is 0 Å². The van der Waals surface area contributed by atoms with E-state index in [1.165, 1.54) is 0 Å². The largest absolute Gasteiger partial charge is 0.481 e. The predicted octanol–water partition coefficient (Wildman–Crippen LogP) is -0.343. The van der Waals surface area contributed by atoms with E-state index >= 15 is 0 Å². The van der Waals surface area contributed by atoms with E-state index in [9.17, 15) is 9.59 Å². The summed E-state index contributed by atoms with van der Waals surface area (Å²) in [6, 6.07) is -0.124. The third-order valence-corrected chi connectivity index (χ3v) is 2.27. The molecular formula is C9H16N2O3. The number of nitrogens with zero attached hydrogens (tertiary/aromatic N) is 1. The van der Waals surface area contributed by atoms with Crippen molar-refractivity contribution in [1.82, 2.24) is 4.90 Å². The van der Waals surface area contributed by atoms with Crippen molar-refractivity contribution in [3.63, 3.8) is 0 Å². The summed E-state index contributed by atoms with van der Waals surface area (Å²) >= 11 is 0. The fourth-order valence-electron chi connectivity index (χ4n) is 1.55. The first kappa shape index (κ1) is 11.0. The van der Waals surface area contributed by atoms with E-state index in [-0.39, 0.29) is 24.3 Å². The zero-order valence-electron chi connectivity index (χ0n) is 8.27. The third-order valence-electron chi connectivity index (χ3n) is 2.27. The number of likely N-dealkylation sites (tertiary alicyclic amines) is 1. The van der Waals surface area contributed by atoms with Crippen molar-refractivity contribution in [2.75, 3.05) is 13.1 Å². The molecule has 1 atom stereocenters. The van der Waals surface area contributed by atoms with Crippen LogP contribution in [0.1, 0.15) is 19.8 Å². The van der Waals surface area contributed by atoms with Gasteiger partial charge in [0, 0.05) is 31.5 Å². The van der Waals surface area contributed by atoms with Gasteiger partial charge in [0.2, 0.25) is 5.91 Å². The van der Waals surface area contributed by atoms with Crippen molar-refractivity contribution < 1.29 is 14.7 Å². The van der Waals surface area contributed by atoms with Gasteiger partial charge < -0.3 is 15.7 Å². The van der Waals surface area contributed by atoms with Gasteiger partial charge in [-0.05, 0) is 6.92 Å². The number of rotatable bonds is 4. The molecule has 0 aromatic rings. The van der Waals surface area contributed by atoms with E-state index in [0.29, 0.717) is 19.5 Å². The molecule has 1 amide bonds. The summed E-state index contributed by atoms with van der Waals surface area (Å²) < 4.78 is 0. The standard InChI is InChI=1S/C9H16N2O3/c1-6(10)2-8(12)11-4-7(5-11)3-9(13)14/h6-7H,2-5,10H2,1H3,(H,13,14). The number of carbonyl (C=O) groups excluding carboxylic acids is 1. The molecule has 1 rings (SSSR count). The first-order valence-corrected chi connectivity index (χ1v) is 4.74. The van der Waals surface area contributed by atoms with E-state index in [0.717, 1.165) is 0 Å². The lowest BCUT2D eigenvalue weighted by molar-refractivity contribution is -0.145. The molecule has 1 aliphatic rings. The Labute approximate surface area is 82.9 Å². The maximum absolute atomic E-state index is 11.4. The van der Waals surface area contributed by atoms with Crippen LogP contribution in [0.15, 0.2) is 0 Å². The number of carboxylic acids is 1. The van der Waals surface area contributed by atoms with Gasteiger partial charge in [0.25, 0.3) is 0 Å². The van der Waals surface area contributed by atoms with E-state index in [4.69, 9.17) is 10.8 Å². The number of aliphatic carboxylic acids is 1. The van der Waals surface area contributed by atoms with E-state index in [1.54, 1.807) is 11.8 Å². The van der Waals surface area contributed by atoms with Gasteiger partial charge in [0.05, 0.1) is 6.42 Å². The van der Waals surface area contributed by atoms with Gasteiger partial charge in [0.15, 0.2) is 0 Å². The lowest BCUT2D eigenvalue weighted by Gasteiger charge is -2.39. The first-order valence-electron chi connectivity index (χ1n) is 4.74. The average Bonchev–Trinajstić information content (AvgIpc) is 1.93. The van der Waals surface area contributed by atoms with Crippen LogP contribution in [0.3, 0.4) is 0 Å². The van der Waals surface area contributed by atoms with Crippen LogP contribution < -0.4 is 5.73 Å². The zero-order chi connectivity index (χ0) is 10.7. The van der Waals surface area contributed by atoms with Crippen molar-refractivity contribution in [1.29, 1.82) is 0 Å². The Kier molecular flexibility index (Phi) is 3.46. The Morgan fingerprint density at radius 2 is 2.14 bits per heavy atom. The van der Waals surface area contributed by atoms with Crippen LogP contribution in [0.4, 0.5) is 0 Å². The van der Waals surface area contributed by atoms with E-state index in [2.05, 4.69) is 0 Å². The second-order valence-corrected chi connectivity index (χ2v) is 3.94. The molecule has 0 aromatic carbocycles. The number of amides is 1. The minimum absolute atomic E-state index is 0.0293. The van der Waals surface area contributed by atoms with Gasteiger partial charge in [-0.2, -0.15) is 0 Å². The van der Waals surface area contributed by atoms with Gasteiger partial charge in [-0.15, -0.1) is 0 Å². The van der Waals surface area contributed by atoms with Crippen LogP contribution in [-0.4, -0.2) is 41.0 Å². The number of carbonyl (C=O) groups is 2. The highest BCUT2D eigenvalue weighted by atomic mass is 16.4. The summed E-state index contributed by atoms with van der Waals surface area (Å²) in [4.78, 5) is 23.4. The van der Waals surface area contributed by atoms with Crippen LogP contribution >= 0.6 is 0 Å². The minimum Gasteiger partial charge on any atom is -0.481 e. The van der Waals surface area contributed by atoms with E-state index < -0.39 is 5.97 Å². The second kappa shape index (κ2) is 4.41. The Balaban J connectivity index is 2.20. The van der Waals surface area contributed by atoms with Crippen LogP contribution in [0, 0.1) is 5.92 Å². The molecular weight excluding hydrogens is 184 g/mol. The van der Waals surface area contributed by atoms with Crippen LogP contribution in [0.2, 0.25) is 0 Å². The number of hydrogen-bond acceptors (Lipinski definition) is 3. The smallest absolute Gasteiger partial charge is 0.303 e. The van der Waals surface area contributed by atoms with Crippen molar-refractivity contribution in [2.45, 2.75) is 25.8 Å². The van der Waals surface area contributed by atoms with Gasteiger partial charge in [0.1, 0.15) is 0 Å². The summed E-state index contributed by atoms with van der Waals surface area (Å²) in [6.45, 7) is 2.92. The molecule has 0 saturated carbocycles. The SMILES string of the molecule is CC(N)CC(=O)N1CC(CC(=O)O)C1. The molecule has 14 heavy (non-hydrogen) atoms. The maximum Gasteiger partial charge on any atom is 0.303 e.